The summed E-state index contributed by atoms with van der Waals surface area (Å²) in [5.74, 6) is 0.470. The van der Waals surface area contributed by atoms with Crippen LogP contribution < -0.4 is 4.74 Å². The van der Waals surface area contributed by atoms with E-state index in [9.17, 15) is 4.79 Å². The largest absolute Gasteiger partial charge is 0.491 e. The van der Waals surface area contributed by atoms with Crippen LogP contribution in [0.1, 0.15) is 33.3 Å². The molecule has 0 saturated carbocycles. The van der Waals surface area contributed by atoms with Gasteiger partial charge in [-0.3, -0.25) is 0 Å². The predicted molar refractivity (Wildman–Crippen MR) is 116 cm³/mol. The van der Waals surface area contributed by atoms with Gasteiger partial charge in [0.1, 0.15) is 19.0 Å². The fraction of sp³-hybridized carbons (Fsp3) is 0.458. The average Bonchev–Trinajstić information content (AvgIpc) is 2.68. The molecule has 5 nitrogen and oxygen atoms in total. The van der Waals surface area contributed by atoms with Gasteiger partial charge in [-0.1, -0.05) is 57.7 Å². The molecule has 0 atom stereocenters. The highest BCUT2D eigenvalue weighted by Crippen LogP contribution is 2.34. The van der Waals surface area contributed by atoms with Crippen LogP contribution >= 0.6 is 0 Å². The number of hydrogen-bond acceptors (Lipinski definition) is 5. The first kappa shape index (κ1) is 22.9. The lowest BCUT2D eigenvalue weighted by Crippen LogP contribution is -2.15. The number of ether oxygens (including phenoxy) is 4. The zero-order valence-electron chi connectivity index (χ0n) is 18.0. The van der Waals surface area contributed by atoms with Crippen molar-refractivity contribution in [2.24, 2.45) is 0 Å². The number of fused-ring (bicyclic) bond motifs is 1. The van der Waals surface area contributed by atoms with Gasteiger partial charge in [0.25, 0.3) is 0 Å². The second kappa shape index (κ2) is 11.0. The van der Waals surface area contributed by atoms with Gasteiger partial charge >= 0.3 is 5.97 Å². The molecule has 158 valence electrons. The monoisotopic (exact) mass is 400 g/mol. The topological polar surface area (TPSA) is 54.0 Å². The van der Waals surface area contributed by atoms with Crippen LogP contribution in [0.2, 0.25) is 0 Å². The van der Waals surface area contributed by atoms with Crippen molar-refractivity contribution in [3.8, 4) is 5.75 Å². The maximum atomic E-state index is 11.2. The van der Waals surface area contributed by atoms with E-state index in [1.165, 1.54) is 10.9 Å². The molecule has 0 aliphatic rings. The fourth-order valence-corrected chi connectivity index (χ4v) is 2.90. The third-order valence-electron chi connectivity index (χ3n) is 4.36. The molecule has 0 heterocycles. The first-order valence-electron chi connectivity index (χ1n) is 9.94. The average molecular weight is 401 g/mol. The zero-order chi connectivity index (χ0) is 21.3. The van der Waals surface area contributed by atoms with Gasteiger partial charge in [0.2, 0.25) is 0 Å². The maximum absolute atomic E-state index is 11.2. The maximum Gasteiger partial charge on any atom is 0.333 e. The summed E-state index contributed by atoms with van der Waals surface area (Å²) in [5, 5.41) is 2.34. The molecule has 0 amide bonds. The molecular formula is C24H32O5. The van der Waals surface area contributed by atoms with Gasteiger partial charge < -0.3 is 18.9 Å². The van der Waals surface area contributed by atoms with Crippen LogP contribution in [0.5, 0.6) is 5.75 Å². The van der Waals surface area contributed by atoms with Gasteiger partial charge in [0.05, 0.1) is 26.4 Å². The van der Waals surface area contributed by atoms with Crippen molar-refractivity contribution in [1.29, 1.82) is 0 Å². The zero-order valence-corrected chi connectivity index (χ0v) is 18.0. The molecule has 2 aromatic carbocycles. The summed E-state index contributed by atoms with van der Waals surface area (Å²) in [6.07, 6.45) is 0. The predicted octanol–water partition coefficient (Wildman–Crippen LogP) is 4.67. The van der Waals surface area contributed by atoms with E-state index in [-0.39, 0.29) is 12.0 Å². The van der Waals surface area contributed by atoms with Crippen LogP contribution in [0.25, 0.3) is 10.8 Å². The molecule has 29 heavy (non-hydrogen) atoms. The van der Waals surface area contributed by atoms with Crippen LogP contribution in [0.4, 0.5) is 0 Å². The summed E-state index contributed by atoms with van der Waals surface area (Å²) in [4.78, 5) is 11.2. The molecule has 0 fully saturated rings. The molecule has 0 aliphatic heterocycles. The Balaban J connectivity index is 1.69. The molecule has 0 N–H and O–H groups in total. The summed E-state index contributed by atoms with van der Waals surface area (Å²) in [6.45, 7) is 14.2. The summed E-state index contributed by atoms with van der Waals surface area (Å²) in [6, 6.07) is 12.5. The Morgan fingerprint density at radius 1 is 0.862 bits per heavy atom. The van der Waals surface area contributed by atoms with Crippen LogP contribution in [0.15, 0.2) is 48.6 Å². The second-order valence-electron chi connectivity index (χ2n) is 7.90. The van der Waals surface area contributed by atoms with Crippen LogP contribution in [-0.2, 0) is 24.4 Å². The molecule has 0 aromatic heterocycles. The molecule has 0 radical (unpaired) electrons. The lowest BCUT2D eigenvalue weighted by Gasteiger charge is -2.22. The molecule has 0 unspecified atom stereocenters. The van der Waals surface area contributed by atoms with Crippen molar-refractivity contribution < 1.29 is 23.7 Å². The molecule has 2 rings (SSSR count). The van der Waals surface area contributed by atoms with E-state index in [1.54, 1.807) is 6.92 Å². The van der Waals surface area contributed by atoms with Crippen molar-refractivity contribution in [2.45, 2.75) is 33.1 Å². The highest BCUT2D eigenvalue weighted by molar-refractivity contribution is 5.91. The lowest BCUT2D eigenvalue weighted by atomic mass is 9.83. The van der Waals surface area contributed by atoms with Crippen LogP contribution in [-0.4, -0.2) is 45.6 Å². The minimum atomic E-state index is -0.398. The first-order valence-corrected chi connectivity index (χ1v) is 9.94. The normalized spacial score (nSPS) is 11.4. The Morgan fingerprint density at radius 3 is 2.07 bits per heavy atom. The number of hydrogen-bond donors (Lipinski definition) is 0. The van der Waals surface area contributed by atoms with Crippen molar-refractivity contribution in [3.05, 3.63) is 54.1 Å². The molecule has 2 aromatic rings. The number of carbonyl (C=O) groups excluding carboxylic acids is 1. The molecule has 0 saturated heterocycles. The van der Waals surface area contributed by atoms with Crippen LogP contribution in [0, 0.1) is 0 Å². The molecule has 0 bridgehead atoms. The van der Waals surface area contributed by atoms with Crippen molar-refractivity contribution in [2.75, 3.05) is 39.6 Å². The highest BCUT2D eigenvalue weighted by atomic mass is 16.6. The first-order chi connectivity index (χ1) is 13.8. The van der Waals surface area contributed by atoms with Gasteiger partial charge in [-0.2, -0.15) is 0 Å². The van der Waals surface area contributed by atoms with E-state index in [0.717, 1.165) is 11.1 Å². The fourth-order valence-electron chi connectivity index (χ4n) is 2.90. The third-order valence-corrected chi connectivity index (χ3v) is 4.36. The number of rotatable bonds is 11. The smallest absolute Gasteiger partial charge is 0.333 e. The Kier molecular flexibility index (Phi) is 8.68. The summed E-state index contributed by atoms with van der Waals surface area (Å²) in [5.41, 5.74) is 1.77. The summed E-state index contributed by atoms with van der Waals surface area (Å²) >= 11 is 0. The number of carbonyl (C=O) groups is 1. The quantitative estimate of drug-likeness (QED) is 0.312. The van der Waals surface area contributed by atoms with E-state index in [4.69, 9.17) is 18.9 Å². The van der Waals surface area contributed by atoms with Gasteiger partial charge in [-0.15, -0.1) is 0 Å². The van der Waals surface area contributed by atoms with E-state index in [1.807, 2.05) is 12.1 Å². The number of benzene rings is 2. The Labute approximate surface area is 173 Å². The van der Waals surface area contributed by atoms with E-state index >= 15 is 0 Å². The Morgan fingerprint density at radius 2 is 1.45 bits per heavy atom. The standard InChI is InChI=1S/C24H32O5/c1-18(2)23(25)29-17-15-27-13-12-26-14-16-28-22-11-10-21(24(3,4)5)19-8-6-7-9-20(19)22/h6-11H,1,12-17H2,2-5H3. The highest BCUT2D eigenvalue weighted by Gasteiger charge is 2.18. The van der Waals surface area contributed by atoms with Crippen molar-refractivity contribution in [1.82, 2.24) is 0 Å². The van der Waals surface area contributed by atoms with Crippen molar-refractivity contribution >= 4 is 16.7 Å². The summed E-state index contributed by atoms with van der Waals surface area (Å²) < 4.78 is 21.8. The second-order valence-corrected chi connectivity index (χ2v) is 7.90. The Hall–Kier alpha value is -2.37. The van der Waals surface area contributed by atoms with Gasteiger partial charge in [-0.25, -0.2) is 4.79 Å². The summed E-state index contributed by atoms with van der Waals surface area (Å²) in [7, 11) is 0. The molecule has 0 spiro atoms. The van der Waals surface area contributed by atoms with E-state index in [0.29, 0.717) is 38.6 Å². The Bertz CT molecular complexity index is 820. The lowest BCUT2D eigenvalue weighted by molar-refractivity contribution is -0.140. The van der Waals surface area contributed by atoms with E-state index < -0.39 is 5.97 Å². The molecule has 0 aliphatic carbocycles. The number of esters is 1. The SMILES string of the molecule is C=C(C)C(=O)OCCOCCOCCOc1ccc(C(C)(C)C)c2ccccc12. The van der Waals surface area contributed by atoms with Gasteiger partial charge in [0.15, 0.2) is 0 Å². The van der Waals surface area contributed by atoms with Crippen molar-refractivity contribution in [3.63, 3.8) is 0 Å². The third kappa shape index (κ3) is 7.18. The molecule has 5 heteroatoms. The van der Waals surface area contributed by atoms with E-state index in [2.05, 4.69) is 51.6 Å². The minimum Gasteiger partial charge on any atom is -0.491 e. The van der Waals surface area contributed by atoms with Gasteiger partial charge in [0, 0.05) is 11.0 Å². The van der Waals surface area contributed by atoms with Gasteiger partial charge in [-0.05, 0) is 29.4 Å². The van der Waals surface area contributed by atoms with Crippen LogP contribution in [0.3, 0.4) is 0 Å². The molecular weight excluding hydrogens is 368 g/mol. The minimum absolute atomic E-state index is 0.0735.